The Morgan fingerprint density at radius 3 is 2.40 bits per heavy atom. The molecule has 0 N–H and O–H groups in total. The van der Waals surface area contributed by atoms with Crippen molar-refractivity contribution < 1.29 is 22.7 Å². The van der Waals surface area contributed by atoms with E-state index in [2.05, 4.69) is 0 Å². The van der Waals surface area contributed by atoms with Crippen LogP contribution < -0.4 is 9.47 Å². The highest BCUT2D eigenvalue weighted by molar-refractivity contribution is 7.89. The molecule has 1 aromatic carbocycles. The Labute approximate surface area is 148 Å². The molecule has 2 aliphatic heterocycles. The van der Waals surface area contributed by atoms with Crippen LogP contribution in [-0.4, -0.2) is 62.9 Å². The Balaban J connectivity index is 1.71. The monoisotopic (exact) mass is 368 g/mol. The number of piperazine rings is 1. The molecule has 1 aromatic rings. The van der Waals surface area contributed by atoms with Gasteiger partial charge >= 0.3 is 0 Å². The normalized spacial score (nSPS) is 19.5. The molecular formula is C17H24N2O5S. The largest absolute Gasteiger partial charge is 0.486 e. The Morgan fingerprint density at radius 2 is 1.76 bits per heavy atom. The summed E-state index contributed by atoms with van der Waals surface area (Å²) in [6.45, 7) is 6.21. The smallest absolute Gasteiger partial charge is 0.243 e. The van der Waals surface area contributed by atoms with E-state index in [-0.39, 0.29) is 16.7 Å². The zero-order valence-corrected chi connectivity index (χ0v) is 15.4. The molecule has 1 unspecified atom stereocenters. The summed E-state index contributed by atoms with van der Waals surface area (Å²) in [5.74, 6) is 1.09. The van der Waals surface area contributed by atoms with Crippen LogP contribution in [0.4, 0.5) is 0 Å². The molecule has 1 saturated heterocycles. The molecule has 0 spiro atoms. The standard InChI is InChI=1S/C17H24N2O5S/c1-3-13(2)17(20)18-6-8-19(9-7-18)25(21,22)14-4-5-15-16(12-14)24-11-10-23-15/h4-5,12-13H,3,6-11H2,1-2H3. The number of amides is 1. The summed E-state index contributed by atoms with van der Waals surface area (Å²) in [6, 6.07) is 4.68. The topological polar surface area (TPSA) is 76.2 Å². The van der Waals surface area contributed by atoms with E-state index in [9.17, 15) is 13.2 Å². The molecule has 7 nitrogen and oxygen atoms in total. The number of benzene rings is 1. The van der Waals surface area contributed by atoms with Gasteiger partial charge in [0.2, 0.25) is 15.9 Å². The molecule has 0 aliphatic carbocycles. The molecule has 25 heavy (non-hydrogen) atoms. The predicted octanol–water partition coefficient (Wildman–Crippen LogP) is 1.34. The second-order valence-electron chi connectivity index (χ2n) is 6.34. The molecule has 2 heterocycles. The molecule has 3 rings (SSSR count). The van der Waals surface area contributed by atoms with Gasteiger partial charge < -0.3 is 14.4 Å². The fourth-order valence-electron chi connectivity index (χ4n) is 2.97. The second-order valence-corrected chi connectivity index (χ2v) is 8.28. The molecule has 8 heteroatoms. The summed E-state index contributed by atoms with van der Waals surface area (Å²) >= 11 is 0. The van der Waals surface area contributed by atoms with Gasteiger partial charge in [-0.05, 0) is 18.6 Å². The Hall–Kier alpha value is -1.80. The first-order valence-corrected chi connectivity index (χ1v) is 10.1. The number of hydrogen-bond donors (Lipinski definition) is 0. The number of hydrogen-bond acceptors (Lipinski definition) is 5. The van der Waals surface area contributed by atoms with Crippen molar-refractivity contribution in [3.05, 3.63) is 18.2 Å². The summed E-state index contributed by atoms with van der Waals surface area (Å²) in [5.41, 5.74) is 0. The Morgan fingerprint density at radius 1 is 1.12 bits per heavy atom. The zero-order valence-electron chi connectivity index (χ0n) is 14.6. The molecule has 1 fully saturated rings. The van der Waals surface area contributed by atoms with Crippen LogP contribution in [0.3, 0.4) is 0 Å². The van der Waals surface area contributed by atoms with Crippen molar-refractivity contribution in [1.29, 1.82) is 0 Å². The van der Waals surface area contributed by atoms with Crippen molar-refractivity contribution in [1.82, 2.24) is 9.21 Å². The van der Waals surface area contributed by atoms with Crippen molar-refractivity contribution >= 4 is 15.9 Å². The molecule has 0 saturated carbocycles. The van der Waals surface area contributed by atoms with Crippen LogP contribution in [0.1, 0.15) is 20.3 Å². The quantitative estimate of drug-likeness (QED) is 0.802. The summed E-state index contributed by atoms with van der Waals surface area (Å²) in [6.07, 6.45) is 0.786. The van der Waals surface area contributed by atoms with E-state index in [1.165, 1.54) is 10.4 Å². The van der Waals surface area contributed by atoms with Crippen LogP contribution in [-0.2, 0) is 14.8 Å². The maximum atomic E-state index is 12.9. The van der Waals surface area contributed by atoms with Crippen molar-refractivity contribution in [2.75, 3.05) is 39.4 Å². The third-order valence-electron chi connectivity index (χ3n) is 4.74. The second kappa shape index (κ2) is 7.21. The third kappa shape index (κ3) is 3.59. The number of carbonyl (C=O) groups excluding carboxylic acids is 1. The molecule has 138 valence electrons. The van der Waals surface area contributed by atoms with E-state index in [1.807, 2.05) is 13.8 Å². The van der Waals surface area contributed by atoms with Gasteiger partial charge in [-0.1, -0.05) is 13.8 Å². The Kier molecular flexibility index (Phi) is 5.19. The summed E-state index contributed by atoms with van der Waals surface area (Å²) < 4.78 is 38.1. The van der Waals surface area contributed by atoms with Crippen molar-refractivity contribution in [2.45, 2.75) is 25.2 Å². The average molecular weight is 368 g/mol. The molecule has 0 aromatic heterocycles. The number of fused-ring (bicyclic) bond motifs is 1. The van der Waals surface area contributed by atoms with Crippen LogP contribution in [0, 0.1) is 5.92 Å². The number of rotatable bonds is 4. The van der Waals surface area contributed by atoms with Gasteiger partial charge in [0.1, 0.15) is 13.2 Å². The minimum Gasteiger partial charge on any atom is -0.486 e. The van der Waals surface area contributed by atoms with Gasteiger partial charge in [-0.25, -0.2) is 8.42 Å². The highest BCUT2D eigenvalue weighted by Crippen LogP contribution is 2.33. The minimum absolute atomic E-state index is 0.0269. The van der Waals surface area contributed by atoms with E-state index in [1.54, 1.807) is 17.0 Å². The first kappa shape index (κ1) is 18.0. The number of ether oxygens (including phenoxy) is 2. The highest BCUT2D eigenvalue weighted by atomic mass is 32.2. The average Bonchev–Trinajstić information content (AvgIpc) is 2.66. The van der Waals surface area contributed by atoms with Gasteiger partial charge in [0.05, 0.1) is 4.90 Å². The van der Waals surface area contributed by atoms with Gasteiger partial charge in [-0.3, -0.25) is 4.79 Å². The van der Waals surface area contributed by atoms with Crippen LogP contribution >= 0.6 is 0 Å². The summed E-state index contributed by atoms with van der Waals surface area (Å²) in [7, 11) is -3.61. The molecule has 2 aliphatic rings. The molecule has 0 bridgehead atoms. The van der Waals surface area contributed by atoms with Gasteiger partial charge in [0.15, 0.2) is 11.5 Å². The Bertz CT molecular complexity index is 741. The first-order chi connectivity index (χ1) is 11.9. The summed E-state index contributed by atoms with van der Waals surface area (Å²) in [4.78, 5) is 14.2. The van der Waals surface area contributed by atoms with Crippen LogP contribution in [0.15, 0.2) is 23.1 Å². The maximum absolute atomic E-state index is 12.9. The first-order valence-electron chi connectivity index (χ1n) is 8.62. The van der Waals surface area contributed by atoms with E-state index in [0.29, 0.717) is 50.9 Å². The van der Waals surface area contributed by atoms with Crippen LogP contribution in [0.25, 0.3) is 0 Å². The minimum atomic E-state index is -3.61. The predicted molar refractivity (Wildman–Crippen MR) is 92.2 cm³/mol. The lowest BCUT2D eigenvalue weighted by atomic mass is 10.1. The van der Waals surface area contributed by atoms with Gasteiger partial charge in [-0.15, -0.1) is 0 Å². The zero-order chi connectivity index (χ0) is 18.0. The SMILES string of the molecule is CCC(C)C(=O)N1CCN(S(=O)(=O)c2ccc3c(c2)OCCO3)CC1. The van der Waals surface area contributed by atoms with Gasteiger partial charge in [0, 0.05) is 38.2 Å². The third-order valence-corrected chi connectivity index (χ3v) is 6.63. The van der Waals surface area contributed by atoms with E-state index in [0.717, 1.165) is 6.42 Å². The van der Waals surface area contributed by atoms with Crippen molar-refractivity contribution in [3.63, 3.8) is 0 Å². The van der Waals surface area contributed by atoms with Crippen LogP contribution in [0.5, 0.6) is 11.5 Å². The van der Waals surface area contributed by atoms with Crippen molar-refractivity contribution in [3.8, 4) is 11.5 Å². The number of sulfonamides is 1. The lowest BCUT2D eigenvalue weighted by molar-refractivity contribution is -0.136. The van der Waals surface area contributed by atoms with E-state index in [4.69, 9.17) is 9.47 Å². The maximum Gasteiger partial charge on any atom is 0.243 e. The number of nitrogens with zero attached hydrogens (tertiary/aromatic N) is 2. The molecule has 1 atom stereocenters. The molecule has 1 amide bonds. The van der Waals surface area contributed by atoms with Crippen molar-refractivity contribution in [2.24, 2.45) is 5.92 Å². The molecular weight excluding hydrogens is 344 g/mol. The molecule has 0 radical (unpaired) electrons. The van der Waals surface area contributed by atoms with Crippen LogP contribution in [0.2, 0.25) is 0 Å². The van der Waals surface area contributed by atoms with Gasteiger partial charge in [0.25, 0.3) is 0 Å². The lowest BCUT2D eigenvalue weighted by Gasteiger charge is -2.35. The fourth-order valence-corrected chi connectivity index (χ4v) is 4.41. The highest BCUT2D eigenvalue weighted by Gasteiger charge is 2.31. The van der Waals surface area contributed by atoms with Gasteiger partial charge in [-0.2, -0.15) is 4.31 Å². The van der Waals surface area contributed by atoms with E-state index < -0.39 is 10.0 Å². The van der Waals surface area contributed by atoms with E-state index >= 15 is 0 Å². The lowest BCUT2D eigenvalue weighted by Crippen LogP contribution is -2.51. The fraction of sp³-hybridized carbons (Fsp3) is 0.588. The summed E-state index contributed by atoms with van der Waals surface area (Å²) in [5, 5.41) is 0. The number of carbonyl (C=O) groups is 1.